The highest BCUT2D eigenvalue weighted by molar-refractivity contribution is 9.10. The van der Waals surface area contributed by atoms with E-state index in [0.717, 1.165) is 40.1 Å². The lowest BCUT2D eigenvalue weighted by Crippen LogP contribution is -2.21. The number of nitrogens with zero attached hydrogens (tertiary/aromatic N) is 1. The summed E-state index contributed by atoms with van der Waals surface area (Å²) in [4.78, 5) is 14.5. The summed E-state index contributed by atoms with van der Waals surface area (Å²) in [7, 11) is 1.64. The van der Waals surface area contributed by atoms with Crippen LogP contribution >= 0.6 is 15.9 Å². The Labute approximate surface area is 168 Å². The molecule has 5 heteroatoms. The molecule has 0 saturated carbocycles. The third kappa shape index (κ3) is 4.25. The molecule has 4 nitrogen and oxygen atoms in total. The summed E-state index contributed by atoms with van der Waals surface area (Å²) >= 11 is 3.41. The van der Waals surface area contributed by atoms with Gasteiger partial charge in [0.05, 0.1) is 12.7 Å². The van der Waals surface area contributed by atoms with Crippen molar-refractivity contribution in [2.45, 2.75) is 13.8 Å². The van der Waals surface area contributed by atoms with Gasteiger partial charge in [0.25, 0.3) is 0 Å². The number of hydrogen-bond acceptors (Lipinski definition) is 4. The number of cyclic esters (lactones) is 1. The fraction of sp³-hybridized carbons (Fsp3) is 0.227. The van der Waals surface area contributed by atoms with Gasteiger partial charge in [0.1, 0.15) is 11.5 Å². The summed E-state index contributed by atoms with van der Waals surface area (Å²) in [5.74, 6) is 0.922. The highest BCUT2D eigenvalue weighted by Crippen LogP contribution is 2.32. The van der Waals surface area contributed by atoms with E-state index in [9.17, 15) is 4.79 Å². The minimum absolute atomic E-state index is 0.359. The molecule has 1 aliphatic heterocycles. The maximum absolute atomic E-state index is 12.3. The molecule has 27 heavy (non-hydrogen) atoms. The quantitative estimate of drug-likeness (QED) is 0.463. The summed E-state index contributed by atoms with van der Waals surface area (Å²) in [5, 5.41) is 0. The molecule has 0 unspecified atom stereocenters. The second-order valence-electron chi connectivity index (χ2n) is 6.10. The van der Waals surface area contributed by atoms with Crippen molar-refractivity contribution in [2.75, 3.05) is 25.1 Å². The van der Waals surface area contributed by atoms with Crippen LogP contribution in [0.1, 0.15) is 25.0 Å². The van der Waals surface area contributed by atoms with E-state index >= 15 is 0 Å². The highest BCUT2D eigenvalue weighted by atomic mass is 79.9. The first-order valence-corrected chi connectivity index (χ1v) is 9.69. The third-order valence-electron chi connectivity index (χ3n) is 4.51. The average molecular weight is 428 g/mol. The summed E-state index contributed by atoms with van der Waals surface area (Å²) in [6, 6.07) is 13.7. The van der Waals surface area contributed by atoms with E-state index in [4.69, 9.17) is 9.47 Å². The number of benzene rings is 2. The van der Waals surface area contributed by atoms with Crippen molar-refractivity contribution in [1.29, 1.82) is 0 Å². The number of anilines is 1. The number of carbonyl (C=O) groups excluding carboxylic acids is 1. The Balaban J connectivity index is 1.93. The summed E-state index contributed by atoms with van der Waals surface area (Å²) < 4.78 is 12.0. The minimum atomic E-state index is -0.359. The van der Waals surface area contributed by atoms with Crippen molar-refractivity contribution < 1.29 is 14.3 Å². The van der Waals surface area contributed by atoms with Crippen LogP contribution in [0.5, 0.6) is 5.75 Å². The Morgan fingerprint density at radius 3 is 2.44 bits per heavy atom. The SMILES string of the molecule is CCN(CC)c1ccc(/C=C2\C=C(c3ccc(Br)cc3)OC2=O)c(OC)c1. The Hall–Kier alpha value is -2.53. The Bertz CT molecular complexity index is 896. The van der Waals surface area contributed by atoms with Crippen LogP contribution in [0.4, 0.5) is 5.69 Å². The van der Waals surface area contributed by atoms with Gasteiger partial charge >= 0.3 is 5.97 Å². The standard InChI is InChI=1S/C22H22BrNO3/c1-4-24(5-2)19-11-8-16(20(14-19)26-3)12-17-13-21(27-22(17)25)15-6-9-18(23)10-7-15/h6-14H,4-5H2,1-3H3/b17-12+. The molecule has 0 radical (unpaired) electrons. The fourth-order valence-corrected chi connectivity index (χ4v) is 3.28. The predicted molar refractivity (Wildman–Crippen MR) is 113 cm³/mol. The van der Waals surface area contributed by atoms with E-state index < -0.39 is 0 Å². The molecule has 0 spiro atoms. The fourth-order valence-electron chi connectivity index (χ4n) is 3.02. The molecule has 0 aromatic heterocycles. The molecule has 1 heterocycles. The van der Waals surface area contributed by atoms with E-state index in [0.29, 0.717) is 11.3 Å². The second kappa shape index (κ2) is 8.44. The van der Waals surface area contributed by atoms with E-state index in [1.165, 1.54) is 0 Å². The van der Waals surface area contributed by atoms with E-state index in [-0.39, 0.29) is 5.97 Å². The first-order chi connectivity index (χ1) is 13.0. The number of ether oxygens (including phenoxy) is 2. The Kier molecular flexibility index (Phi) is 6.01. The molecule has 2 aromatic rings. The van der Waals surface area contributed by atoms with Crippen LogP contribution in [0, 0.1) is 0 Å². The van der Waals surface area contributed by atoms with Crippen LogP contribution in [-0.2, 0) is 9.53 Å². The Morgan fingerprint density at radius 2 is 1.81 bits per heavy atom. The van der Waals surface area contributed by atoms with Gasteiger partial charge in [-0.1, -0.05) is 28.1 Å². The van der Waals surface area contributed by atoms with Crippen molar-refractivity contribution in [3.8, 4) is 5.75 Å². The zero-order valence-corrected chi connectivity index (χ0v) is 17.2. The third-order valence-corrected chi connectivity index (χ3v) is 5.04. The maximum atomic E-state index is 12.3. The Morgan fingerprint density at radius 1 is 1.11 bits per heavy atom. The number of methoxy groups -OCH3 is 1. The van der Waals surface area contributed by atoms with Crippen LogP contribution in [-0.4, -0.2) is 26.2 Å². The molecule has 2 aromatic carbocycles. The number of esters is 1. The average Bonchev–Trinajstić information content (AvgIpc) is 3.04. The molecule has 0 bridgehead atoms. The first-order valence-electron chi connectivity index (χ1n) is 8.90. The first kappa shape index (κ1) is 19.2. The molecule has 0 N–H and O–H groups in total. The van der Waals surface area contributed by atoms with Crippen molar-refractivity contribution in [2.24, 2.45) is 0 Å². The van der Waals surface area contributed by atoms with Gasteiger partial charge in [-0.15, -0.1) is 0 Å². The van der Waals surface area contributed by atoms with Crippen molar-refractivity contribution in [3.63, 3.8) is 0 Å². The predicted octanol–water partition coefficient (Wildman–Crippen LogP) is 5.29. The molecule has 0 fully saturated rings. The molecular weight excluding hydrogens is 406 g/mol. The monoisotopic (exact) mass is 427 g/mol. The van der Waals surface area contributed by atoms with Gasteiger partial charge in [-0.05, 0) is 50.3 Å². The van der Waals surface area contributed by atoms with Gasteiger partial charge in [0.15, 0.2) is 0 Å². The van der Waals surface area contributed by atoms with Crippen LogP contribution in [0.15, 0.2) is 58.6 Å². The largest absolute Gasteiger partial charge is 0.496 e. The van der Waals surface area contributed by atoms with Crippen LogP contribution in [0.25, 0.3) is 11.8 Å². The molecule has 140 valence electrons. The molecule has 0 saturated heterocycles. The molecule has 0 atom stereocenters. The van der Waals surface area contributed by atoms with Gasteiger partial charge < -0.3 is 14.4 Å². The zero-order chi connectivity index (χ0) is 19.4. The number of rotatable bonds is 6. The van der Waals surface area contributed by atoms with E-state index in [1.54, 1.807) is 19.3 Å². The number of hydrogen-bond donors (Lipinski definition) is 0. The van der Waals surface area contributed by atoms with Gasteiger partial charge in [-0.3, -0.25) is 0 Å². The van der Waals surface area contributed by atoms with Gasteiger partial charge in [0.2, 0.25) is 0 Å². The van der Waals surface area contributed by atoms with Crippen LogP contribution in [0.3, 0.4) is 0 Å². The van der Waals surface area contributed by atoms with Gasteiger partial charge in [-0.2, -0.15) is 0 Å². The van der Waals surface area contributed by atoms with Crippen LogP contribution < -0.4 is 9.64 Å². The maximum Gasteiger partial charge on any atom is 0.343 e. The topological polar surface area (TPSA) is 38.8 Å². The minimum Gasteiger partial charge on any atom is -0.496 e. The van der Waals surface area contributed by atoms with Crippen LogP contribution in [0.2, 0.25) is 0 Å². The summed E-state index contributed by atoms with van der Waals surface area (Å²) in [5.41, 5.74) is 3.30. The normalized spacial score (nSPS) is 14.9. The van der Waals surface area contributed by atoms with Crippen molar-refractivity contribution >= 4 is 39.4 Å². The van der Waals surface area contributed by atoms with Gasteiger partial charge in [-0.25, -0.2) is 4.79 Å². The smallest absolute Gasteiger partial charge is 0.343 e. The molecule has 1 aliphatic rings. The highest BCUT2D eigenvalue weighted by Gasteiger charge is 2.22. The van der Waals surface area contributed by atoms with E-state index in [1.807, 2.05) is 42.5 Å². The number of halogens is 1. The molecule has 3 rings (SSSR count). The lowest BCUT2D eigenvalue weighted by atomic mass is 10.1. The summed E-state index contributed by atoms with van der Waals surface area (Å²) in [6.45, 7) is 6.08. The van der Waals surface area contributed by atoms with Gasteiger partial charge in [0, 0.05) is 40.4 Å². The molecular formula is C22H22BrNO3. The van der Waals surface area contributed by atoms with Crippen molar-refractivity contribution in [3.05, 3.63) is 69.7 Å². The van der Waals surface area contributed by atoms with E-state index in [2.05, 4.69) is 34.7 Å². The lowest BCUT2D eigenvalue weighted by molar-refractivity contribution is -0.130. The summed E-state index contributed by atoms with van der Waals surface area (Å²) in [6.07, 6.45) is 3.57. The lowest BCUT2D eigenvalue weighted by Gasteiger charge is -2.22. The van der Waals surface area contributed by atoms with Crippen molar-refractivity contribution in [1.82, 2.24) is 0 Å². The molecule has 0 amide bonds. The number of carbonyl (C=O) groups is 1. The zero-order valence-electron chi connectivity index (χ0n) is 15.7. The molecule has 0 aliphatic carbocycles. The second-order valence-corrected chi connectivity index (χ2v) is 7.02.